The van der Waals surface area contributed by atoms with Crippen LogP contribution in [-0.4, -0.2) is 27.8 Å². The summed E-state index contributed by atoms with van der Waals surface area (Å²) in [6, 6.07) is 17.8. The Morgan fingerprint density at radius 2 is 1.88 bits per heavy atom. The number of amides is 1. The molecule has 0 saturated carbocycles. The van der Waals surface area contributed by atoms with E-state index in [2.05, 4.69) is 27.0 Å². The number of rotatable bonds is 8. The van der Waals surface area contributed by atoms with E-state index in [-0.39, 0.29) is 5.91 Å². The molecule has 0 bridgehead atoms. The maximum absolute atomic E-state index is 12.0. The molecule has 0 unspecified atom stereocenters. The first-order chi connectivity index (χ1) is 12.7. The smallest absolute Gasteiger partial charge is 0.230 e. The Morgan fingerprint density at radius 3 is 2.65 bits per heavy atom. The Morgan fingerprint density at radius 1 is 1.12 bits per heavy atom. The molecular formula is C20H20ClN3OS. The van der Waals surface area contributed by atoms with Gasteiger partial charge in [-0.1, -0.05) is 41.9 Å². The van der Waals surface area contributed by atoms with E-state index in [1.807, 2.05) is 48.7 Å². The van der Waals surface area contributed by atoms with Crippen LogP contribution in [0, 0.1) is 0 Å². The Balaban J connectivity index is 1.42. The zero-order valence-electron chi connectivity index (χ0n) is 14.3. The van der Waals surface area contributed by atoms with E-state index >= 15 is 0 Å². The molecule has 0 aliphatic carbocycles. The summed E-state index contributed by atoms with van der Waals surface area (Å²) in [5.74, 6) is 1.38. The molecule has 0 aliphatic rings. The quantitative estimate of drug-likeness (QED) is 0.595. The molecule has 4 nitrogen and oxygen atoms in total. The number of benzene rings is 2. The highest BCUT2D eigenvalue weighted by atomic mass is 35.5. The third-order valence-corrected chi connectivity index (χ3v) is 5.12. The maximum atomic E-state index is 12.0. The Hall–Kier alpha value is -2.24. The molecular weight excluding hydrogens is 366 g/mol. The van der Waals surface area contributed by atoms with Crippen molar-refractivity contribution in [2.24, 2.45) is 0 Å². The van der Waals surface area contributed by atoms with Crippen LogP contribution >= 0.6 is 23.4 Å². The molecule has 0 fully saturated rings. The van der Waals surface area contributed by atoms with Crippen molar-refractivity contribution in [2.45, 2.75) is 17.9 Å². The predicted molar refractivity (Wildman–Crippen MR) is 107 cm³/mol. The molecule has 0 radical (unpaired) electrons. The lowest BCUT2D eigenvalue weighted by molar-refractivity contribution is -0.118. The van der Waals surface area contributed by atoms with Gasteiger partial charge in [0.25, 0.3) is 0 Å². The largest absolute Gasteiger partial charge is 0.355 e. The lowest BCUT2D eigenvalue weighted by atomic mass is 10.2. The van der Waals surface area contributed by atoms with Crippen molar-refractivity contribution in [3.63, 3.8) is 0 Å². The number of imidazole rings is 1. The fraction of sp³-hybridized carbons (Fsp3) is 0.200. The lowest BCUT2D eigenvalue weighted by Crippen LogP contribution is -2.28. The highest BCUT2D eigenvalue weighted by molar-refractivity contribution is 8.00. The monoisotopic (exact) mass is 385 g/mol. The van der Waals surface area contributed by atoms with Crippen LogP contribution in [0.15, 0.2) is 71.9 Å². The SMILES string of the molecule is O=C(CSc1ccc(Cl)cc1)NCCc1nccn1Cc1ccccc1. The van der Waals surface area contributed by atoms with Gasteiger partial charge in [-0.3, -0.25) is 4.79 Å². The molecule has 0 spiro atoms. The third-order valence-electron chi connectivity index (χ3n) is 3.85. The highest BCUT2D eigenvalue weighted by Crippen LogP contribution is 2.19. The molecule has 6 heteroatoms. The van der Waals surface area contributed by atoms with E-state index in [1.165, 1.54) is 17.3 Å². The molecule has 3 aromatic rings. The maximum Gasteiger partial charge on any atom is 0.230 e. The molecule has 1 N–H and O–H groups in total. The summed E-state index contributed by atoms with van der Waals surface area (Å²) >= 11 is 7.36. The fourth-order valence-electron chi connectivity index (χ4n) is 2.54. The molecule has 1 aromatic heterocycles. The lowest BCUT2D eigenvalue weighted by Gasteiger charge is -2.09. The van der Waals surface area contributed by atoms with Gasteiger partial charge in [-0.15, -0.1) is 11.8 Å². The average molecular weight is 386 g/mol. The molecule has 0 saturated heterocycles. The van der Waals surface area contributed by atoms with Crippen molar-refractivity contribution in [2.75, 3.05) is 12.3 Å². The summed E-state index contributed by atoms with van der Waals surface area (Å²) in [7, 11) is 0. The number of carbonyl (C=O) groups excluding carboxylic acids is 1. The van der Waals surface area contributed by atoms with Gasteiger partial charge in [0.1, 0.15) is 5.82 Å². The van der Waals surface area contributed by atoms with Crippen molar-refractivity contribution in [1.82, 2.24) is 14.9 Å². The van der Waals surface area contributed by atoms with E-state index in [9.17, 15) is 4.79 Å². The first-order valence-electron chi connectivity index (χ1n) is 8.40. The van der Waals surface area contributed by atoms with Gasteiger partial charge in [0, 0.05) is 41.8 Å². The van der Waals surface area contributed by atoms with Crippen LogP contribution in [0.25, 0.3) is 0 Å². The molecule has 3 rings (SSSR count). The van der Waals surface area contributed by atoms with E-state index < -0.39 is 0 Å². The minimum atomic E-state index is 0.0196. The Kier molecular flexibility index (Phi) is 6.75. The molecule has 0 atom stereocenters. The second-order valence-corrected chi connectivity index (χ2v) is 7.28. The van der Waals surface area contributed by atoms with Crippen molar-refractivity contribution in [3.8, 4) is 0 Å². The van der Waals surface area contributed by atoms with Crippen molar-refractivity contribution in [1.29, 1.82) is 0 Å². The van der Waals surface area contributed by atoms with Gasteiger partial charge >= 0.3 is 0 Å². The van der Waals surface area contributed by atoms with E-state index in [0.717, 1.165) is 17.3 Å². The van der Waals surface area contributed by atoms with Crippen molar-refractivity contribution in [3.05, 3.63) is 83.4 Å². The van der Waals surface area contributed by atoms with Crippen LogP contribution < -0.4 is 5.32 Å². The molecule has 0 aliphatic heterocycles. The Bertz CT molecular complexity index is 834. The van der Waals surface area contributed by atoms with Crippen molar-refractivity contribution < 1.29 is 4.79 Å². The number of nitrogens with zero attached hydrogens (tertiary/aromatic N) is 2. The number of hydrogen-bond donors (Lipinski definition) is 1. The molecule has 1 heterocycles. The first-order valence-corrected chi connectivity index (χ1v) is 9.76. The highest BCUT2D eigenvalue weighted by Gasteiger charge is 2.06. The van der Waals surface area contributed by atoms with Crippen molar-refractivity contribution >= 4 is 29.3 Å². The third kappa shape index (κ3) is 5.64. The number of nitrogens with one attached hydrogen (secondary N) is 1. The first kappa shape index (κ1) is 18.5. The average Bonchev–Trinajstić information content (AvgIpc) is 3.09. The number of halogens is 1. The second kappa shape index (κ2) is 9.46. The van der Waals surface area contributed by atoms with E-state index in [1.54, 1.807) is 6.20 Å². The number of thioether (sulfide) groups is 1. The molecule has 134 valence electrons. The van der Waals surface area contributed by atoms with Gasteiger partial charge < -0.3 is 9.88 Å². The van der Waals surface area contributed by atoms with Gasteiger partial charge in [0.2, 0.25) is 5.91 Å². The summed E-state index contributed by atoms with van der Waals surface area (Å²) in [5, 5.41) is 3.65. The molecule has 2 aromatic carbocycles. The second-order valence-electron chi connectivity index (χ2n) is 5.80. The molecule has 1 amide bonds. The predicted octanol–water partition coefficient (Wildman–Crippen LogP) is 4.04. The zero-order chi connectivity index (χ0) is 18.2. The summed E-state index contributed by atoms with van der Waals surface area (Å²) in [6.07, 6.45) is 4.48. The van der Waals surface area contributed by atoms with Crippen LogP contribution in [0.1, 0.15) is 11.4 Å². The van der Waals surface area contributed by atoms with E-state index in [4.69, 9.17) is 11.6 Å². The minimum Gasteiger partial charge on any atom is -0.355 e. The summed E-state index contributed by atoms with van der Waals surface area (Å²) < 4.78 is 2.12. The van der Waals surface area contributed by atoms with Crippen LogP contribution in [0.3, 0.4) is 0 Å². The molecule has 26 heavy (non-hydrogen) atoms. The van der Waals surface area contributed by atoms with Gasteiger partial charge in [0.05, 0.1) is 5.75 Å². The fourth-order valence-corrected chi connectivity index (χ4v) is 3.39. The number of hydrogen-bond acceptors (Lipinski definition) is 3. The van der Waals surface area contributed by atoms with Gasteiger partial charge in [0.15, 0.2) is 0 Å². The van der Waals surface area contributed by atoms with Gasteiger partial charge in [-0.2, -0.15) is 0 Å². The zero-order valence-corrected chi connectivity index (χ0v) is 15.8. The van der Waals surface area contributed by atoms with Crippen LogP contribution in [0.5, 0.6) is 0 Å². The van der Waals surface area contributed by atoms with E-state index in [0.29, 0.717) is 23.7 Å². The summed E-state index contributed by atoms with van der Waals surface area (Å²) in [5.41, 5.74) is 1.23. The standard InChI is InChI=1S/C20H20ClN3OS/c21-17-6-8-18(9-7-17)26-15-20(25)23-11-10-19-22-12-13-24(19)14-16-4-2-1-3-5-16/h1-9,12-13H,10-11,14-15H2,(H,23,25). The van der Waals surface area contributed by atoms with Crippen LogP contribution in [-0.2, 0) is 17.8 Å². The summed E-state index contributed by atoms with van der Waals surface area (Å²) in [6.45, 7) is 1.36. The summed E-state index contributed by atoms with van der Waals surface area (Å²) in [4.78, 5) is 17.4. The Labute approximate surface area is 162 Å². The van der Waals surface area contributed by atoms with Crippen LogP contribution in [0.4, 0.5) is 0 Å². The topological polar surface area (TPSA) is 46.9 Å². The normalized spacial score (nSPS) is 10.7. The number of carbonyl (C=O) groups is 1. The number of aromatic nitrogens is 2. The van der Waals surface area contributed by atoms with Crippen LogP contribution in [0.2, 0.25) is 5.02 Å². The van der Waals surface area contributed by atoms with Gasteiger partial charge in [-0.05, 0) is 29.8 Å². The minimum absolute atomic E-state index is 0.0196. The van der Waals surface area contributed by atoms with Gasteiger partial charge in [-0.25, -0.2) is 4.98 Å².